The van der Waals surface area contributed by atoms with Crippen molar-refractivity contribution in [2.24, 2.45) is 0 Å². The van der Waals surface area contributed by atoms with Gasteiger partial charge in [-0.05, 0) is 25.0 Å². The zero-order chi connectivity index (χ0) is 13.8. The highest BCUT2D eigenvalue weighted by Gasteiger charge is 2.32. The van der Waals surface area contributed by atoms with Gasteiger partial charge in [0.05, 0.1) is 22.3 Å². The van der Waals surface area contributed by atoms with Gasteiger partial charge in [0.25, 0.3) is 0 Å². The maximum absolute atomic E-state index is 4.74. The van der Waals surface area contributed by atoms with Crippen molar-refractivity contribution >= 4 is 16.3 Å². The highest BCUT2D eigenvalue weighted by molar-refractivity contribution is 7.17. The van der Waals surface area contributed by atoms with E-state index in [1.807, 2.05) is 18.3 Å². The van der Waals surface area contributed by atoms with E-state index in [-0.39, 0.29) is 6.04 Å². The lowest BCUT2D eigenvalue weighted by Gasteiger charge is -2.22. The van der Waals surface area contributed by atoms with Crippen molar-refractivity contribution in [2.75, 3.05) is 6.54 Å². The Morgan fingerprint density at radius 3 is 3.05 bits per heavy atom. The van der Waals surface area contributed by atoms with E-state index in [9.17, 15) is 0 Å². The van der Waals surface area contributed by atoms with E-state index >= 15 is 0 Å². The van der Waals surface area contributed by atoms with Crippen molar-refractivity contribution in [1.82, 2.24) is 24.9 Å². The molecule has 1 fully saturated rings. The molecule has 2 aliphatic rings. The highest BCUT2D eigenvalue weighted by Crippen LogP contribution is 2.40. The molecular weight excluding hydrogens is 282 g/mol. The Balaban J connectivity index is 1.64. The molecule has 0 spiro atoms. The van der Waals surface area contributed by atoms with Gasteiger partial charge in [-0.2, -0.15) is 5.10 Å². The number of aromatic nitrogens is 4. The largest absolute Gasteiger partial charge is 0.304 e. The molecule has 0 bridgehead atoms. The average molecular weight is 297 g/mol. The molecule has 0 saturated heterocycles. The van der Waals surface area contributed by atoms with E-state index in [2.05, 4.69) is 20.9 Å². The van der Waals surface area contributed by atoms with Gasteiger partial charge in [-0.3, -0.25) is 4.98 Å². The fourth-order valence-electron chi connectivity index (χ4n) is 3.00. The molecule has 5 nitrogen and oxygen atoms in total. The van der Waals surface area contributed by atoms with Gasteiger partial charge in [0, 0.05) is 25.1 Å². The Kier molecular flexibility index (Phi) is 2.45. The number of pyridine rings is 1. The Bertz CT molecular complexity index is 802. The third-order valence-corrected chi connectivity index (χ3v) is 5.37. The van der Waals surface area contributed by atoms with Gasteiger partial charge < -0.3 is 5.32 Å². The summed E-state index contributed by atoms with van der Waals surface area (Å²) in [5, 5.41) is 8.31. The van der Waals surface area contributed by atoms with Gasteiger partial charge >= 0.3 is 0 Å². The van der Waals surface area contributed by atoms with E-state index in [0.29, 0.717) is 5.92 Å². The fraction of sp³-hybridized carbons (Fsp3) is 0.400. The highest BCUT2D eigenvalue weighted by atomic mass is 32.1. The molecule has 1 aliphatic heterocycles. The zero-order valence-corrected chi connectivity index (χ0v) is 12.3. The van der Waals surface area contributed by atoms with Gasteiger partial charge in [-0.15, -0.1) is 0 Å². The number of nitrogens with one attached hydrogen (secondary N) is 1. The lowest BCUT2D eigenvalue weighted by molar-refractivity contribution is 0.551. The zero-order valence-electron chi connectivity index (χ0n) is 11.5. The molecule has 6 heteroatoms. The molecule has 0 radical (unpaired) electrons. The predicted octanol–water partition coefficient (Wildman–Crippen LogP) is 2.30. The Hall–Kier alpha value is -1.79. The van der Waals surface area contributed by atoms with Crippen LogP contribution < -0.4 is 5.32 Å². The Morgan fingerprint density at radius 1 is 1.29 bits per heavy atom. The third kappa shape index (κ3) is 1.82. The van der Waals surface area contributed by atoms with E-state index in [4.69, 9.17) is 10.1 Å². The molecule has 0 amide bonds. The summed E-state index contributed by atoms with van der Waals surface area (Å²) >= 11 is 1.76. The molecule has 5 rings (SSSR count). The van der Waals surface area contributed by atoms with Gasteiger partial charge in [0.1, 0.15) is 0 Å². The van der Waals surface area contributed by atoms with Crippen molar-refractivity contribution in [3.05, 3.63) is 46.5 Å². The first-order chi connectivity index (χ1) is 10.4. The first-order valence-electron chi connectivity index (χ1n) is 7.43. The van der Waals surface area contributed by atoms with Gasteiger partial charge in [-0.25, -0.2) is 9.50 Å². The van der Waals surface area contributed by atoms with Crippen LogP contribution in [0.3, 0.4) is 0 Å². The first-order valence-corrected chi connectivity index (χ1v) is 8.24. The summed E-state index contributed by atoms with van der Waals surface area (Å²) in [6.07, 6.45) is 5.36. The second-order valence-electron chi connectivity index (χ2n) is 5.74. The molecule has 1 N–H and O–H groups in total. The summed E-state index contributed by atoms with van der Waals surface area (Å²) in [7, 11) is 0. The van der Waals surface area contributed by atoms with E-state index in [1.54, 1.807) is 11.3 Å². The summed E-state index contributed by atoms with van der Waals surface area (Å²) in [6, 6.07) is 6.25. The van der Waals surface area contributed by atoms with Crippen LogP contribution in [0.15, 0.2) is 24.4 Å². The number of rotatable bonds is 2. The number of fused-ring (bicyclic) bond motifs is 3. The minimum absolute atomic E-state index is 0.174. The van der Waals surface area contributed by atoms with Crippen LogP contribution >= 0.6 is 11.3 Å². The standard InChI is InChI=1S/C15H15N5S/c1-2-7-16-10(3-1)12-13-11(6-8-17-12)20-15(21-13)18-14(19-20)9-4-5-9/h1-3,7,9,12,17H,4-6,8H2. The summed E-state index contributed by atoms with van der Waals surface area (Å²) in [5.41, 5.74) is 2.38. The van der Waals surface area contributed by atoms with Crippen molar-refractivity contribution in [1.29, 1.82) is 0 Å². The average Bonchev–Trinajstić information content (AvgIpc) is 3.20. The van der Waals surface area contributed by atoms with Gasteiger partial charge in [-0.1, -0.05) is 17.4 Å². The summed E-state index contributed by atoms with van der Waals surface area (Å²) in [4.78, 5) is 11.6. The minimum Gasteiger partial charge on any atom is -0.304 e. The van der Waals surface area contributed by atoms with E-state index in [1.165, 1.54) is 23.4 Å². The number of thiazole rings is 1. The smallest absolute Gasteiger partial charge is 0.212 e. The van der Waals surface area contributed by atoms with Crippen LogP contribution in [-0.4, -0.2) is 26.1 Å². The molecular formula is C15H15N5S. The molecule has 1 atom stereocenters. The summed E-state index contributed by atoms with van der Waals surface area (Å²) in [5.74, 6) is 1.65. The molecule has 1 saturated carbocycles. The second kappa shape index (κ2) is 4.35. The van der Waals surface area contributed by atoms with Crippen LogP contribution in [0.5, 0.6) is 0 Å². The van der Waals surface area contributed by atoms with Crippen LogP contribution in [0.25, 0.3) is 4.96 Å². The molecule has 0 aromatic carbocycles. The van der Waals surface area contributed by atoms with Crippen LogP contribution in [0.1, 0.15) is 46.9 Å². The second-order valence-corrected chi connectivity index (χ2v) is 6.75. The van der Waals surface area contributed by atoms with Crippen molar-refractivity contribution in [2.45, 2.75) is 31.2 Å². The third-order valence-electron chi connectivity index (χ3n) is 4.23. The maximum Gasteiger partial charge on any atom is 0.212 e. The molecule has 1 unspecified atom stereocenters. The normalized spacial score (nSPS) is 21.6. The quantitative estimate of drug-likeness (QED) is 0.788. The summed E-state index contributed by atoms with van der Waals surface area (Å²) < 4.78 is 2.07. The van der Waals surface area contributed by atoms with Crippen LogP contribution in [0.4, 0.5) is 0 Å². The number of hydrogen-bond acceptors (Lipinski definition) is 5. The van der Waals surface area contributed by atoms with E-state index < -0.39 is 0 Å². The SMILES string of the molecule is c1ccc(C2NCCc3c2sc2nc(C4CC4)nn32)nc1. The Morgan fingerprint density at radius 2 is 2.24 bits per heavy atom. The number of nitrogens with zero attached hydrogens (tertiary/aromatic N) is 4. The van der Waals surface area contributed by atoms with Gasteiger partial charge in [0.15, 0.2) is 5.82 Å². The van der Waals surface area contributed by atoms with Crippen LogP contribution in [0.2, 0.25) is 0 Å². The number of hydrogen-bond donors (Lipinski definition) is 1. The van der Waals surface area contributed by atoms with Crippen LogP contribution in [0, 0.1) is 0 Å². The van der Waals surface area contributed by atoms with Crippen molar-refractivity contribution in [3.8, 4) is 0 Å². The maximum atomic E-state index is 4.74. The van der Waals surface area contributed by atoms with Crippen molar-refractivity contribution in [3.63, 3.8) is 0 Å². The molecule has 3 aromatic rings. The Labute approximate surface area is 126 Å². The molecule has 106 valence electrons. The molecule has 4 heterocycles. The molecule has 1 aliphatic carbocycles. The first kappa shape index (κ1) is 11.8. The summed E-state index contributed by atoms with van der Waals surface area (Å²) in [6.45, 7) is 0.957. The lowest BCUT2D eigenvalue weighted by atomic mass is 10.0. The lowest BCUT2D eigenvalue weighted by Crippen LogP contribution is -2.30. The van der Waals surface area contributed by atoms with Crippen molar-refractivity contribution < 1.29 is 0 Å². The van der Waals surface area contributed by atoms with Gasteiger partial charge in [0.2, 0.25) is 4.96 Å². The predicted molar refractivity (Wildman–Crippen MR) is 80.6 cm³/mol. The van der Waals surface area contributed by atoms with Crippen LogP contribution in [-0.2, 0) is 6.42 Å². The minimum atomic E-state index is 0.174. The monoisotopic (exact) mass is 297 g/mol. The molecule has 21 heavy (non-hydrogen) atoms. The van der Waals surface area contributed by atoms with E-state index in [0.717, 1.165) is 29.4 Å². The topological polar surface area (TPSA) is 55.1 Å². The molecule has 3 aromatic heterocycles. The fourth-order valence-corrected chi connectivity index (χ4v) is 4.20.